The van der Waals surface area contributed by atoms with Gasteiger partial charge in [0.2, 0.25) is 0 Å². The normalized spacial score (nSPS) is 19.8. The molecule has 0 bridgehead atoms. The molecule has 0 spiro atoms. The number of hydrogen-bond acceptors (Lipinski definition) is 4. The third-order valence-corrected chi connectivity index (χ3v) is 5.24. The monoisotopic (exact) mass is 330 g/mol. The van der Waals surface area contributed by atoms with Crippen LogP contribution >= 0.6 is 0 Å². The van der Waals surface area contributed by atoms with Crippen LogP contribution in [0.1, 0.15) is 18.1 Å². The van der Waals surface area contributed by atoms with Gasteiger partial charge in [-0.3, -0.25) is 9.71 Å². The van der Waals surface area contributed by atoms with E-state index in [0.717, 1.165) is 5.56 Å². The van der Waals surface area contributed by atoms with E-state index >= 15 is 0 Å². The lowest BCUT2D eigenvalue weighted by Gasteiger charge is -2.16. The van der Waals surface area contributed by atoms with Crippen molar-refractivity contribution in [3.63, 3.8) is 0 Å². The zero-order valence-electron chi connectivity index (χ0n) is 12.7. The van der Waals surface area contributed by atoms with Crippen LogP contribution in [0.5, 0.6) is 0 Å². The summed E-state index contributed by atoms with van der Waals surface area (Å²) in [5, 5.41) is 10.3. The first-order valence-corrected chi connectivity index (χ1v) is 8.88. The van der Waals surface area contributed by atoms with Crippen LogP contribution in [0.4, 0.5) is 0 Å². The van der Waals surface area contributed by atoms with E-state index in [4.69, 9.17) is 0 Å². The van der Waals surface area contributed by atoms with E-state index in [1.165, 1.54) is 0 Å². The van der Waals surface area contributed by atoms with Gasteiger partial charge in [0.1, 0.15) is 5.84 Å². The number of aliphatic hydroxyl groups excluding tert-OH is 1. The first kappa shape index (κ1) is 15.7. The zero-order valence-corrected chi connectivity index (χ0v) is 13.5. The number of nitrogens with one attached hydrogen (secondary N) is 1. The van der Waals surface area contributed by atoms with Crippen molar-refractivity contribution in [2.75, 3.05) is 0 Å². The molecule has 2 atom stereocenters. The first-order chi connectivity index (χ1) is 11.0. The van der Waals surface area contributed by atoms with Crippen molar-refractivity contribution >= 4 is 15.9 Å². The molecule has 0 saturated heterocycles. The van der Waals surface area contributed by atoms with Crippen LogP contribution in [0.25, 0.3) is 0 Å². The van der Waals surface area contributed by atoms with Crippen molar-refractivity contribution in [3.8, 4) is 0 Å². The summed E-state index contributed by atoms with van der Waals surface area (Å²) in [6.45, 7) is 1.77. The maximum Gasteiger partial charge on any atom is 0.263 e. The fourth-order valence-electron chi connectivity index (χ4n) is 2.55. The molecule has 0 fully saturated rings. The lowest BCUT2D eigenvalue weighted by molar-refractivity contribution is 0.152. The minimum atomic E-state index is -3.55. The third-order valence-electron chi connectivity index (χ3n) is 3.84. The summed E-state index contributed by atoms with van der Waals surface area (Å²) in [6, 6.07) is 15.9. The van der Waals surface area contributed by atoms with Crippen LogP contribution in [-0.2, 0) is 16.4 Å². The predicted molar refractivity (Wildman–Crippen MR) is 88.9 cm³/mol. The Hall–Kier alpha value is -2.18. The Morgan fingerprint density at radius 3 is 2.48 bits per heavy atom. The molecule has 3 rings (SSSR count). The Morgan fingerprint density at radius 1 is 1.09 bits per heavy atom. The van der Waals surface area contributed by atoms with Crippen LogP contribution in [-0.4, -0.2) is 31.5 Å². The van der Waals surface area contributed by atoms with Gasteiger partial charge in [0.15, 0.2) is 0 Å². The molecule has 0 amide bonds. The van der Waals surface area contributed by atoms with Crippen LogP contribution in [0, 0.1) is 0 Å². The predicted octanol–water partition coefficient (Wildman–Crippen LogP) is 1.72. The Labute approximate surface area is 135 Å². The average Bonchev–Trinajstić information content (AvgIpc) is 2.79. The third kappa shape index (κ3) is 3.28. The van der Waals surface area contributed by atoms with Crippen LogP contribution < -0.4 is 4.72 Å². The maximum absolute atomic E-state index is 12.1. The van der Waals surface area contributed by atoms with E-state index in [9.17, 15) is 13.5 Å². The topological polar surface area (TPSA) is 78.8 Å². The highest BCUT2D eigenvalue weighted by Gasteiger charge is 2.31. The molecule has 23 heavy (non-hydrogen) atoms. The standard InChI is InChI=1S/C17H18N2O3S/c1-12(15(20)11-13-7-3-2-4-8-13)18-17-14-9-5-6-10-16(14)23(21,22)19-17/h2-10,12,15,20H,11H2,1H3,(H,18,19). The summed E-state index contributed by atoms with van der Waals surface area (Å²) in [6.07, 6.45) is -0.227. The molecule has 2 aromatic carbocycles. The Balaban J connectivity index is 1.82. The lowest BCUT2D eigenvalue weighted by atomic mass is 10.0. The van der Waals surface area contributed by atoms with Gasteiger partial charge in [-0.2, -0.15) is 0 Å². The molecule has 0 saturated carbocycles. The largest absolute Gasteiger partial charge is 0.391 e. The molecule has 1 heterocycles. The molecular formula is C17H18N2O3S. The molecule has 1 aliphatic rings. The quantitative estimate of drug-likeness (QED) is 0.896. The Morgan fingerprint density at radius 2 is 1.74 bits per heavy atom. The summed E-state index contributed by atoms with van der Waals surface area (Å²) in [5.74, 6) is 0.292. The van der Waals surface area contributed by atoms with Crippen molar-refractivity contribution in [1.82, 2.24) is 4.72 Å². The molecule has 6 heteroatoms. The van der Waals surface area contributed by atoms with Gasteiger partial charge in [0.25, 0.3) is 10.0 Å². The number of aliphatic hydroxyl groups is 1. The average molecular weight is 330 g/mol. The van der Waals surface area contributed by atoms with Gasteiger partial charge in [-0.15, -0.1) is 0 Å². The lowest BCUT2D eigenvalue weighted by Crippen LogP contribution is -2.29. The van der Waals surface area contributed by atoms with E-state index in [-0.39, 0.29) is 4.90 Å². The van der Waals surface area contributed by atoms with E-state index in [0.29, 0.717) is 17.8 Å². The molecule has 2 N–H and O–H groups in total. The summed E-state index contributed by atoms with van der Waals surface area (Å²) in [4.78, 5) is 4.61. The van der Waals surface area contributed by atoms with Crippen molar-refractivity contribution < 1.29 is 13.5 Å². The van der Waals surface area contributed by atoms with Crippen molar-refractivity contribution in [2.45, 2.75) is 30.4 Å². The number of rotatable bonds is 4. The van der Waals surface area contributed by atoms with Crippen molar-refractivity contribution in [2.24, 2.45) is 4.99 Å². The molecule has 2 aromatic rings. The highest BCUT2D eigenvalue weighted by Crippen LogP contribution is 2.23. The molecular weight excluding hydrogens is 312 g/mol. The second-order valence-electron chi connectivity index (χ2n) is 5.58. The number of hydrogen-bond donors (Lipinski definition) is 2. The summed E-state index contributed by atoms with van der Waals surface area (Å²) in [5.41, 5.74) is 1.56. The van der Waals surface area contributed by atoms with Crippen LogP contribution in [0.3, 0.4) is 0 Å². The molecule has 0 aromatic heterocycles. The van der Waals surface area contributed by atoms with Gasteiger partial charge >= 0.3 is 0 Å². The van der Waals surface area contributed by atoms with Gasteiger partial charge < -0.3 is 5.11 Å². The molecule has 0 radical (unpaired) electrons. The van der Waals surface area contributed by atoms with E-state index in [1.54, 1.807) is 31.2 Å². The fraction of sp³-hybridized carbons (Fsp3) is 0.235. The number of sulfonamides is 1. The van der Waals surface area contributed by atoms with E-state index in [2.05, 4.69) is 9.71 Å². The molecule has 0 aliphatic carbocycles. The minimum absolute atomic E-state index is 0.225. The first-order valence-electron chi connectivity index (χ1n) is 7.39. The number of nitrogens with zero attached hydrogens (tertiary/aromatic N) is 1. The zero-order chi connectivity index (χ0) is 16.4. The Kier molecular flexibility index (Phi) is 4.19. The summed E-state index contributed by atoms with van der Waals surface area (Å²) in [7, 11) is -3.55. The van der Waals surface area contributed by atoms with Gasteiger partial charge in [0.05, 0.1) is 17.0 Å². The SMILES string of the molecule is CC(N=C1NS(=O)(=O)c2ccccc21)C(O)Cc1ccccc1. The van der Waals surface area contributed by atoms with Crippen LogP contribution in [0.2, 0.25) is 0 Å². The van der Waals surface area contributed by atoms with Gasteiger partial charge in [-0.25, -0.2) is 8.42 Å². The second-order valence-corrected chi connectivity index (χ2v) is 7.23. The molecule has 2 unspecified atom stereocenters. The van der Waals surface area contributed by atoms with Crippen LogP contribution in [0.15, 0.2) is 64.5 Å². The highest BCUT2D eigenvalue weighted by atomic mass is 32.2. The van der Waals surface area contributed by atoms with Crippen molar-refractivity contribution in [1.29, 1.82) is 0 Å². The van der Waals surface area contributed by atoms with Gasteiger partial charge in [-0.1, -0.05) is 42.5 Å². The summed E-state index contributed by atoms with van der Waals surface area (Å²) < 4.78 is 26.6. The number of benzene rings is 2. The fourth-order valence-corrected chi connectivity index (χ4v) is 3.78. The number of amidine groups is 1. The minimum Gasteiger partial charge on any atom is -0.391 e. The molecule has 5 nitrogen and oxygen atoms in total. The van der Waals surface area contributed by atoms with E-state index < -0.39 is 22.2 Å². The molecule has 120 valence electrons. The van der Waals surface area contributed by atoms with Crippen molar-refractivity contribution in [3.05, 3.63) is 65.7 Å². The van der Waals surface area contributed by atoms with Gasteiger partial charge in [0, 0.05) is 12.0 Å². The second kappa shape index (κ2) is 6.14. The van der Waals surface area contributed by atoms with E-state index in [1.807, 2.05) is 30.3 Å². The Bertz CT molecular complexity index is 832. The highest BCUT2D eigenvalue weighted by molar-refractivity contribution is 7.90. The van der Waals surface area contributed by atoms with Gasteiger partial charge in [-0.05, 0) is 24.6 Å². The molecule has 1 aliphatic heterocycles. The smallest absolute Gasteiger partial charge is 0.263 e. The number of aliphatic imine (C=N–C) groups is 1. The maximum atomic E-state index is 12.1. The summed E-state index contributed by atoms with van der Waals surface area (Å²) >= 11 is 0. The number of fused-ring (bicyclic) bond motifs is 1.